The van der Waals surface area contributed by atoms with E-state index in [4.69, 9.17) is 5.73 Å². The van der Waals surface area contributed by atoms with Crippen LogP contribution < -0.4 is 26.4 Å². The average Bonchev–Trinajstić information content (AvgIpc) is 2.63. The highest BCUT2D eigenvalue weighted by molar-refractivity contribution is 5.93. The highest BCUT2D eigenvalue weighted by atomic mass is 16.2. The van der Waals surface area contributed by atoms with Crippen LogP contribution in [-0.2, 0) is 4.79 Å². The molecule has 0 saturated carbocycles. The summed E-state index contributed by atoms with van der Waals surface area (Å²) < 4.78 is 0. The molecule has 6 nitrogen and oxygen atoms in total. The van der Waals surface area contributed by atoms with E-state index in [-0.39, 0.29) is 17.6 Å². The summed E-state index contributed by atoms with van der Waals surface area (Å²) in [5.74, 6) is 0.0910. The molecule has 2 aromatic carbocycles. The minimum absolute atomic E-state index is 0.0722. The quantitative estimate of drug-likeness (QED) is 0.855. The van der Waals surface area contributed by atoms with Gasteiger partial charge in [-0.15, -0.1) is 0 Å². The molecule has 1 amide bonds. The third-order valence-electron chi connectivity index (χ3n) is 4.67. The van der Waals surface area contributed by atoms with Crippen LogP contribution in [0.25, 0.3) is 0 Å². The van der Waals surface area contributed by atoms with Gasteiger partial charge in [-0.2, -0.15) is 0 Å². The number of anilines is 3. The number of nitrogens with zero attached hydrogens (tertiary/aromatic N) is 2. The SMILES string of the molecule is CCC(=O)N(c1ccccc1)C1CCN(c2c(N)c(=O)c2=O)CC1. The van der Waals surface area contributed by atoms with Gasteiger partial charge in [-0.05, 0) is 25.0 Å². The first kappa shape index (κ1) is 16.2. The van der Waals surface area contributed by atoms with Gasteiger partial charge in [0.15, 0.2) is 0 Å². The first-order valence-corrected chi connectivity index (χ1v) is 8.25. The summed E-state index contributed by atoms with van der Waals surface area (Å²) in [7, 11) is 0. The molecular weight excluding hydrogens is 306 g/mol. The Bertz CT molecular complexity index is 801. The maximum absolute atomic E-state index is 12.4. The number of rotatable bonds is 4. The van der Waals surface area contributed by atoms with E-state index in [0.717, 1.165) is 18.5 Å². The van der Waals surface area contributed by atoms with Gasteiger partial charge in [0.05, 0.1) is 0 Å². The molecule has 3 rings (SSSR count). The lowest BCUT2D eigenvalue weighted by atomic mass is 10.00. The van der Waals surface area contributed by atoms with Crippen molar-refractivity contribution in [3.05, 3.63) is 50.8 Å². The van der Waals surface area contributed by atoms with Crippen LogP contribution in [0.1, 0.15) is 26.2 Å². The largest absolute Gasteiger partial charge is 0.394 e. The number of piperidine rings is 1. The normalized spacial score (nSPS) is 15.6. The summed E-state index contributed by atoms with van der Waals surface area (Å²) in [5, 5.41) is 0. The monoisotopic (exact) mass is 327 g/mol. The van der Waals surface area contributed by atoms with Crippen LogP contribution >= 0.6 is 0 Å². The lowest BCUT2D eigenvalue weighted by Gasteiger charge is -2.39. The topological polar surface area (TPSA) is 83.7 Å². The lowest BCUT2D eigenvalue weighted by Crippen LogP contribution is -2.51. The predicted octanol–water partition coefficient (Wildman–Crippen LogP) is 1.28. The van der Waals surface area contributed by atoms with Crippen LogP contribution in [0.5, 0.6) is 0 Å². The zero-order valence-corrected chi connectivity index (χ0v) is 13.7. The molecule has 0 unspecified atom stereocenters. The third kappa shape index (κ3) is 2.68. The van der Waals surface area contributed by atoms with Gasteiger partial charge in [-0.3, -0.25) is 14.4 Å². The molecule has 0 atom stereocenters. The van der Waals surface area contributed by atoms with Crippen molar-refractivity contribution < 1.29 is 4.79 Å². The zero-order chi connectivity index (χ0) is 17.3. The first-order valence-electron chi connectivity index (χ1n) is 8.25. The second kappa shape index (κ2) is 6.47. The number of nitrogens with two attached hydrogens (primary N) is 1. The van der Waals surface area contributed by atoms with Gasteiger partial charge in [-0.1, -0.05) is 25.1 Å². The number of hydrogen-bond acceptors (Lipinski definition) is 5. The van der Waals surface area contributed by atoms with Crippen molar-refractivity contribution in [1.29, 1.82) is 0 Å². The molecule has 1 saturated heterocycles. The van der Waals surface area contributed by atoms with Crippen LogP contribution in [0.15, 0.2) is 39.9 Å². The standard InChI is InChI=1S/C18H21N3O3/c1-2-14(22)21(12-6-4-3-5-7-12)13-8-10-20(11-9-13)16-15(19)17(23)18(16)24/h3-7,13H,2,8-11,19H2,1H3. The Morgan fingerprint density at radius 3 is 2.33 bits per heavy atom. The van der Waals surface area contributed by atoms with Crippen molar-refractivity contribution in [3.8, 4) is 0 Å². The van der Waals surface area contributed by atoms with Crippen LogP contribution in [0, 0.1) is 0 Å². The van der Waals surface area contributed by atoms with E-state index in [9.17, 15) is 14.4 Å². The number of carbonyl (C=O) groups is 1. The van der Waals surface area contributed by atoms with E-state index in [2.05, 4.69) is 0 Å². The minimum atomic E-state index is -0.584. The highest BCUT2D eigenvalue weighted by Gasteiger charge is 2.31. The Morgan fingerprint density at radius 2 is 1.79 bits per heavy atom. The minimum Gasteiger partial charge on any atom is -0.394 e. The average molecular weight is 327 g/mol. The van der Waals surface area contributed by atoms with Crippen molar-refractivity contribution in [2.24, 2.45) is 0 Å². The molecule has 0 aliphatic carbocycles. The van der Waals surface area contributed by atoms with Crippen LogP contribution in [0.2, 0.25) is 0 Å². The molecule has 0 radical (unpaired) electrons. The van der Waals surface area contributed by atoms with Crippen LogP contribution in [-0.4, -0.2) is 25.0 Å². The van der Waals surface area contributed by atoms with E-state index < -0.39 is 10.9 Å². The molecule has 1 heterocycles. The second-order valence-electron chi connectivity index (χ2n) is 6.09. The summed E-state index contributed by atoms with van der Waals surface area (Å²) in [4.78, 5) is 39.1. The Balaban J connectivity index is 1.75. The number of amides is 1. The van der Waals surface area contributed by atoms with Gasteiger partial charge in [0.2, 0.25) is 5.91 Å². The van der Waals surface area contributed by atoms with E-state index in [1.807, 2.05) is 47.1 Å². The number of hydrogen-bond donors (Lipinski definition) is 1. The summed E-state index contributed by atoms with van der Waals surface area (Å²) in [6, 6.07) is 9.73. The Morgan fingerprint density at radius 1 is 1.17 bits per heavy atom. The van der Waals surface area contributed by atoms with Gasteiger partial charge in [-0.25, -0.2) is 0 Å². The Labute approximate surface area is 140 Å². The molecule has 1 aliphatic heterocycles. The lowest BCUT2D eigenvalue weighted by molar-refractivity contribution is -0.118. The van der Waals surface area contributed by atoms with Gasteiger partial charge < -0.3 is 15.5 Å². The van der Waals surface area contributed by atoms with Crippen molar-refractivity contribution >= 4 is 23.0 Å². The summed E-state index contributed by atoms with van der Waals surface area (Å²) in [5.41, 5.74) is 5.90. The first-order chi connectivity index (χ1) is 11.5. The maximum Gasteiger partial charge on any atom is 0.253 e. The molecule has 0 aromatic heterocycles. The van der Waals surface area contributed by atoms with Crippen molar-refractivity contribution in [2.45, 2.75) is 32.2 Å². The molecule has 0 bridgehead atoms. The fourth-order valence-corrected chi connectivity index (χ4v) is 3.38. The third-order valence-corrected chi connectivity index (χ3v) is 4.67. The van der Waals surface area contributed by atoms with Crippen molar-refractivity contribution in [2.75, 3.05) is 28.6 Å². The molecule has 1 aliphatic rings. The molecule has 1 fully saturated rings. The Hall–Kier alpha value is -2.63. The van der Waals surface area contributed by atoms with Crippen LogP contribution in [0.4, 0.5) is 17.1 Å². The molecular formula is C18H21N3O3. The predicted molar refractivity (Wildman–Crippen MR) is 95.2 cm³/mol. The molecule has 126 valence electrons. The van der Waals surface area contributed by atoms with E-state index in [1.54, 1.807) is 0 Å². The van der Waals surface area contributed by atoms with Gasteiger partial charge in [0, 0.05) is 31.2 Å². The number of para-hydroxylation sites is 1. The fraction of sp³-hybridized carbons (Fsp3) is 0.389. The number of carbonyl (C=O) groups excluding carboxylic acids is 1. The zero-order valence-electron chi connectivity index (χ0n) is 13.7. The Kier molecular flexibility index (Phi) is 4.38. The highest BCUT2D eigenvalue weighted by Crippen LogP contribution is 2.27. The molecule has 2 N–H and O–H groups in total. The number of nitrogen functional groups attached to an aromatic ring is 1. The fourth-order valence-electron chi connectivity index (χ4n) is 3.38. The maximum atomic E-state index is 12.4. The molecule has 0 spiro atoms. The van der Waals surface area contributed by atoms with Gasteiger partial charge in [0.1, 0.15) is 11.4 Å². The second-order valence-corrected chi connectivity index (χ2v) is 6.09. The molecule has 2 aromatic rings. The van der Waals surface area contributed by atoms with E-state index in [1.165, 1.54) is 0 Å². The molecule has 6 heteroatoms. The number of benzene rings is 1. The van der Waals surface area contributed by atoms with Crippen molar-refractivity contribution in [3.63, 3.8) is 0 Å². The van der Waals surface area contributed by atoms with Crippen molar-refractivity contribution in [1.82, 2.24) is 0 Å². The van der Waals surface area contributed by atoms with Crippen LogP contribution in [0.3, 0.4) is 0 Å². The summed E-state index contributed by atoms with van der Waals surface area (Å²) in [6.07, 6.45) is 1.91. The van der Waals surface area contributed by atoms with E-state index >= 15 is 0 Å². The van der Waals surface area contributed by atoms with E-state index in [0.29, 0.717) is 25.2 Å². The van der Waals surface area contributed by atoms with Gasteiger partial charge in [0.25, 0.3) is 10.9 Å². The summed E-state index contributed by atoms with van der Waals surface area (Å²) in [6.45, 7) is 3.08. The summed E-state index contributed by atoms with van der Waals surface area (Å²) >= 11 is 0. The van der Waals surface area contributed by atoms with Gasteiger partial charge >= 0.3 is 0 Å². The smallest absolute Gasteiger partial charge is 0.253 e. The molecule has 24 heavy (non-hydrogen) atoms.